The molecule has 224 valence electrons. The van der Waals surface area contributed by atoms with Gasteiger partial charge in [0.15, 0.2) is 0 Å². The van der Waals surface area contributed by atoms with Crippen LogP contribution in [0.2, 0.25) is 5.02 Å². The number of nitrogens with one attached hydrogen (secondary N) is 1. The third kappa shape index (κ3) is 8.46. The van der Waals surface area contributed by atoms with Crippen molar-refractivity contribution >= 4 is 55.1 Å². The number of sulfonamides is 1. The molecule has 0 spiro atoms. The van der Waals surface area contributed by atoms with Crippen LogP contribution in [0.15, 0.2) is 119 Å². The van der Waals surface area contributed by atoms with Crippen molar-refractivity contribution in [1.82, 2.24) is 10.2 Å². The van der Waals surface area contributed by atoms with Gasteiger partial charge in [0.05, 0.1) is 15.6 Å². The SMILES string of the molecule is CCCNC(=O)C(Cc1ccccc1)N(Cc1ccc(Br)cc1)C(=O)CN(c1ccccc1Cl)S(=O)(=O)c1ccccc1. The molecule has 0 aliphatic rings. The molecule has 0 aromatic heterocycles. The highest BCUT2D eigenvalue weighted by Crippen LogP contribution is 2.31. The Labute approximate surface area is 266 Å². The summed E-state index contributed by atoms with van der Waals surface area (Å²) in [5, 5.41) is 3.12. The zero-order valence-corrected chi connectivity index (χ0v) is 26.9. The summed E-state index contributed by atoms with van der Waals surface area (Å²) >= 11 is 9.94. The van der Waals surface area contributed by atoms with Crippen molar-refractivity contribution in [1.29, 1.82) is 0 Å². The van der Waals surface area contributed by atoms with E-state index < -0.39 is 28.5 Å². The van der Waals surface area contributed by atoms with E-state index in [1.165, 1.54) is 17.0 Å². The average Bonchev–Trinajstić information content (AvgIpc) is 3.02. The van der Waals surface area contributed by atoms with Crippen LogP contribution in [0.5, 0.6) is 0 Å². The number of hydrogen-bond donors (Lipinski definition) is 1. The maximum Gasteiger partial charge on any atom is 0.264 e. The Bertz CT molecular complexity index is 1620. The van der Waals surface area contributed by atoms with E-state index in [9.17, 15) is 18.0 Å². The Balaban J connectivity index is 1.79. The fraction of sp³-hybridized carbons (Fsp3) is 0.212. The van der Waals surface area contributed by atoms with Crippen LogP contribution in [0, 0.1) is 0 Å². The Morgan fingerprint density at radius 2 is 1.44 bits per heavy atom. The number of nitrogens with zero attached hydrogens (tertiary/aromatic N) is 2. The molecule has 4 aromatic rings. The minimum atomic E-state index is -4.21. The number of carbonyl (C=O) groups excluding carboxylic acids is 2. The van der Waals surface area contributed by atoms with Gasteiger partial charge in [-0.1, -0.05) is 107 Å². The van der Waals surface area contributed by atoms with Gasteiger partial charge in [-0.3, -0.25) is 13.9 Å². The van der Waals surface area contributed by atoms with Gasteiger partial charge in [0.25, 0.3) is 10.0 Å². The van der Waals surface area contributed by atoms with E-state index in [1.807, 2.05) is 61.5 Å². The van der Waals surface area contributed by atoms with E-state index >= 15 is 0 Å². The van der Waals surface area contributed by atoms with Gasteiger partial charge >= 0.3 is 0 Å². The van der Waals surface area contributed by atoms with Gasteiger partial charge in [-0.25, -0.2) is 8.42 Å². The number of para-hydroxylation sites is 1. The van der Waals surface area contributed by atoms with Gasteiger partial charge in [0, 0.05) is 24.0 Å². The molecule has 0 fully saturated rings. The molecule has 1 atom stereocenters. The molecule has 0 heterocycles. The fourth-order valence-electron chi connectivity index (χ4n) is 4.59. The zero-order chi connectivity index (χ0) is 30.8. The lowest BCUT2D eigenvalue weighted by molar-refractivity contribution is -0.140. The molecule has 43 heavy (non-hydrogen) atoms. The second-order valence-corrected chi connectivity index (χ2v) is 13.1. The number of halogens is 2. The lowest BCUT2D eigenvalue weighted by Crippen LogP contribution is -2.53. The minimum absolute atomic E-state index is 0.0173. The summed E-state index contributed by atoms with van der Waals surface area (Å²) < 4.78 is 29.9. The molecule has 0 saturated heterocycles. The van der Waals surface area contributed by atoms with Crippen molar-refractivity contribution in [3.63, 3.8) is 0 Å². The zero-order valence-electron chi connectivity index (χ0n) is 23.7. The summed E-state index contributed by atoms with van der Waals surface area (Å²) in [5.74, 6) is -0.860. The van der Waals surface area contributed by atoms with Crippen molar-refractivity contribution in [2.75, 3.05) is 17.4 Å². The van der Waals surface area contributed by atoms with E-state index in [0.717, 1.165) is 26.3 Å². The minimum Gasteiger partial charge on any atom is -0.354 e. The van der Waals surface area contributed by atoms with Crippen molar-refractivity contribution in [3.8, 4) is 0 Å². The monoisotopic (exact) mass is 681 g/mol. The maximum absolute atomic E-state index is 14.4. The molecule has 7 nitrogen and oxygen atoms in total. The molecular formula is C33H33BrClN3O4S. The first-order valence-electron chi connectivity index (χ1n) is 13.9. The van der Waals surface area contributed by atoms with Crippen LogP contribution < -0.4 is 9.62 Å². The molecule has 0 saturated carbocycles. The lowest BCUT2D eigenvalue weighted by Gasteiger charge is -2.34. The Kier molecular flexibility index (Phi) is 11.4. The van der Waals surface area contributed by atoms with Crippen LogP contribution in [0.3, 0.4) is 0 Å². The van der Waals surface area contributed by atoms with Crippen LogP contribution in [-0.4, -0.2) is 44.3 Å². The highest BCUT2D eigenvalue weighted by molar-refractivity contribution is 9.10. The topological polar surface area (TPSA) is 86.8 Å². The molecule has 0 aliphatic carbocycles. The van der Waals surface area contributed by atoms with Gasteiger partial charge in [0.2, 0.25) is 11.8 Å². The highest BCUT2D eigenvalue weighted by atomic mass is 79.9. The van der Waals surface area contributed by atoms with Crippen molar-refractivity contribution < 1.29 is 18.0 Å². The summed E-state index contributed by atoms with van der Waals surface area (Å²) in [4.78, 5) is 29.5. The summed E-state index contributed by atoms with van der Waals surface area (Å²) in [6.07, 6.45) is 0.968. The summed E-state index contributed by atoms with van der Waals surface area (Å²) in [5.41, 5.74) is 1.82. The number of rotatable bonds is 13. The van der Waals surface area contributed by atoms with Gasteiger partial charge in [-0.2, -0.15) is 0 Å². The lowest BCUT2D eigenvalue weighted by atomic mass is 10.0. The largest absolute Gasteiger partial charge is 0.354 e. The molecule has 10 heteroatoms. The molecule has 0 radical (unpaired) electrons. The number of amides is 2. The Hall–Kier alpha value is -3.66. The van der Waals surface area contributed by atoms with E-state index in [1.54, 1.807) is 42.5 Å². The fourth-order valence-corrected chi connectivity index (χ4v) is 6.60. The summed E-state index contributed by atoms with van der Waals surface area (Å²) in [6.45, 7) is 1.92. The standard InChI is InChI=1S/C33H33BrClN3O4S/c1-2-21-36-33(40)31(22-25-11-5-3-6-12-25)37(23-26-17-19-27(34)20-18-26)32(39)24-38(30-16-10-9-15-29(30)35)43(41,42)28-13-7-4-8-14-28/h3-20,31H,2,21-24H2,1H3,(H,36,40). The molecule has 1 N–H and O–H groups in total. The number of anilines is 1. The van der Waals surface area contributed by atoms with Crippen LogP contribution in [-0.2, 0) is 32.6 Å². The third-order valence-electron chi connectivity index (χ3n) is 6.82. The average molecular weight is 683 g/mol. The highest BCUT2D eigenvalue weighted by Gasteiger charge is 2.35. The second-order valence-electron chi connectivity index (χ2n) is 9.92. The molecule has 0 bridgehead atoms. The first-order valence-corrected chi connectivity index (χ1v) is 16.5. The summed E-state index contributed by atoms with van der Waals surface area (Å²) in [7, 11) is -4.21. The number of carbonyl (C=O) groups is 2. The smallest absolute Gasteiger partial charge is 0.264 e. The Morgan fingerprint density at radius 3 is 2.07 bits per heavy atom. The van der Waals surface area contributed by atoms with E-state index in [-0.39, 0.29) is 34.5 Å². The molecule has 4 rings (SSSR count). The third-order valence-corrected chi connectivity index (χ3v) is 9.44. The van der Waals surface area contributed by atoms with Crippen LogP contribution in [0.4, 0.5) is 5.69 Å². The molecule has 4 aromatic carbocycles. The normalized spacial score (nSPS) is 11.9. The Morgan fingerprint density at radius 1 is 0.837 bits per heavy atom. The predicted octanol–water partition coefficient (Wildman–Crippen LogP) is 6.46. The maximum atomic E-state index is 14.4. The van der Waals surface area contributed by atoms with Crippen LogP contribution >= 0.6 is 27.5 Å². The molecule has 2 amide bonds. The molecular weight excluding hydrogens is 650 g/mol. The van der Waals surface area contributed by atoms with Gasteiger partial charge in [0.1, 0.15) is 12.6 Å². The number of hydrogen-bond acceptors (Lipinski definition) is 4. The van der Waals surface area contributed by atoms with Crippen molar-refractivity contribution in [2.24, 2.45) is 0 Å². The predicted molar refractivity (Wildman–Crippen MR) is 174 cm³/mol. The number of benzene rings is 4. The van der Waals surface area contributed by atoms with Crippen molar-refractivity contribution in [2.45, 2.75) is 37.2 Å². The van der Waals surface area contributed by atoms with Gasteiger partial charge < -0.3 is 10.2 Å². The van der Waals surface area contributed by atoms with Crippen LogP contribution in [0.1, 0.15) is 24.5 Å². The van der Waals surface area contributed by atoms with Gasteiger partial charge in [-0.05, 0) is 53.9 Å². The van der Waals surface area contributed by atoms with E-state index in [0.29, 0.717) is 6.54 Å². The molecule has 0 aliphatic heterocycles. The van der Waals surface area contributed by atoms with E-state index in [4.69, 9.17) is 11.6 Å². The summed E-state index contributed by atoms with van der Waals surface area (Å²) in [6, 6.07) is 30.4. The van der Waals surface area contributed by atoms with Crippen molar-refractivity contribution in [3.05, 3.63) is 130 Å². The molecule has 1 unspecified atom stereocenters. The first kappa shape index (κ1) is 32.3. The quantitative estimate of drug-likeness (QED) is 0.175. The second kappa shape index (κ2) is 15.2. The first-order chi connectivity index (χ1) is 20.7. The van der Waals surface area contributed by atoms with E-state index in [2.05, 4.69) is 21.2 Å². The van der Waals surface area contributed by atoms with Gasteiger partial charge in [-0.15, -0.1) is 0 Å². The van der Waals surface area contributed by atoms with Crippen LogP contribution in [0.25, 0.3) is 0 Å².